The van der Waals surface area contributed by atoms with Crippen molar-refractivity contribution in [2.75, 3.05) is 20.2 Å². The van der Waals surface area contributed by atoms with E-state index < -0.39 is 28.7 Å². The third-order valence-electron chi connectivity index (χ3n) is 5.48. The molecule has 30 heavy (non-hydrogen) atoms. The van der Waals surface area contributed by atoms with Crippen molar-refractivity contribution < 1.29 is 22.7 Å². The fourth-order valence-corrected chi connectivity index (χ4v) is 4.16. The predicted octanol–water partition coefficient (Wildman–Crippen LogP) is 5.32. The topological polar surface area (TPSA) is 41.6 Å². The lowest BCUT2D eigenvalue weighted by atomic mass is 10.0. The van der Waals surface area contributed by atoms with Crippen LogP contribution in [0.2, 0.25) is 5.02 Å². The maximum absolute atomic E-state index is 13.2. The molecule has 1 heterocycles. The van der Waals surface area contributed by atoms with Crippen LogP contribution in [0.3, 0.4) is 0 Å². The van der Waals surface area contributed by atoms with Gasteiger partial charge in [0.05, 0.1) is 29.3 Å². The predicted molar refractivity (Wildman–Crippen MR) is 110 cm³/mol. The summed E-state index contributed by atoms with van der Waals surface area (Å²) >= 11 is 5.95. The molecule has 8 heteroatoms. The molecular formula is C22H24ClF3N2O2. The number of carbonyl (C=O) groups excluding carboxylic acids is 1. The molecule has 0 radical (unpaired) electrons. The van der Waals surface area contributed by atoms with Gasteiger partial charge in [0.1, 0.15) is 5.75 Å². The van der Waals surface area contributed by atoms with E-state index in [0.717, 1.165) is 31.0 Å². The van der Waals surface area contributed by atoms with Crippen molar-refractivity contribution in [1.29, 1.82) is 0 Å². The SMILES string of the molecule is COc1ccccc1[C@@H](CN1CCCC1C)NC(=O)c1cccc(C(F)(F)F)c1Cl. The molecule has 2 atom stereocenters. The average molecular weight is 441 g/mol. The largest absolute Gasteiger partial charge is 0.496 e. The van der Waals surface area contributed by atoms with Crippen LogP contribution in [0, 0.1) is 0 Å². The molecule has 0 aliphatic carbocycles. The Balaban J connectivity index is 1.92. The first-order valence-corrected chi connectivity index (χ1v) is 10.1. The number of nitrogens with zero attached hydrogens (tertiary/aromatic N) is 1. The molecule has 1 saturated heterocycles. The molecule has 0 spiro atoms. The lowest BCUT2D eigenvalue weighted by Crippen LogP contribution is -2.39. The zero-order chi connectivity index (χ0) is 21.9. The van der Waals surface area contributed by atoms with E-state index in [2.05, 4.69) is 17.1 Å². The van der Waals surface area contributed by atoms with Crippen LogP contribution < -0.4 is 10.1 Å². The maximum Gasteiger partial charge on any atom is 0.417 e. The normalized spacial score (nSPS) is 18.3. The Hall–Kier alpha value is -2.25. The molecular weight excluding hydrogens is 417 g/mol. The number of carbonyl (C=O) groups is 1. The fraction of sp³-hybridized carbons (Fsp3) is 0.409. The number of amides is 1. The number of methoxy groups -OCH3 is 1. The molecule has 0 aromatic heterocycles. The minimum atomic E-state index is -4.64. The van der Waals surface area contributed by atoms with Gasteiger partial charge in [0.25, 0.3) is 5.91 Å². The summed E-state index contributed by atoms with van der Waals surface area (Å²) in [6, 6.07) is 10.5. The maximum atomic E-state index is 13.2. The van der Waals surface area contributed by atoms with Crippen molar-refractivity contribution in [2.45, 2.75) is 38.0 Å². The summed E-state index contributed by atoms with van der Waals surface area (Å²) in [5, 5.41) is 2.28. The van der Waals surface area contributed by atoms with Crippen LogP contribution in [-0.2, 0) is 6.18 Å². The van der Waals surface area contributed by atoms with E-state index in [1.807, 2.05) is 18.2 Å². The fourth-order valence-electron chi connectivity index (χ4n) is 3.84. The summed E-state index contributed by atoms with van der Waals surface area (Å²) in [5.41, 5.74) is -0.477. The summed E-state index contributed by atoms with van der Waals surface area (Å²) in [6.45, 7) is 3.54. The van der Waals surface area contributed by atoms with Gasteiger partial charge in [-0.25, -0.2) is 0 Å². The highest BCUT2D eigenvalue weighted by molar-refractivity contribution is 6.34. The quantitative estimate of drug-likeness (QED) is 0.660. The van der Waals surface area contributed by atoms with Gasteiger partial charge in [-0.15, -0.1) is 0 Å². The third-order valence-corrected chi connectivity index (χ3v) is 5.88. The molecule has 0 saturated carbocycles. The molecule has 4 nitrogen and oxygen atoms in total. The van der Waals surface area contributed by atoms with Gasteiger partial charge in [-0.05, 0) is 44.5 Å². The minimum Gasteiger partial charge on any atom is -0.496 e. The molecule has 2 aromatic rings. The van der Waals surface area contributed by atoms with Crippen LogP contribution in [-0.4, -0.2) is 37.0 Å². The number of nitrogens with one attached hydrogen (secondary N) is 1. The summed E-state index contributed by atoms with van der Waals surface area (Å²) in [4.78, 5) is 15.2. The molecule has 1 aliphatic heterocycles. The lowest BCUT2D eigenvalue weighted by Gasteiger charge is -2.29. The number of para-hydroxylation sites is 1. The highest BCUT2D eigenvalue weighted by atomic mass is 35.5. The van der Waals surface area contributed by atoms with E-state index in [1.54, 1.807) is 13.2 Å². The number of ether oxygens (including phenoxy) is 1. The van der Waals surface area contributed by atoms with Crippen LogP contribution in [0.1, 0.15) is 47.3 Å². The van der Waals surface area contributed by atoms with E-state index in [4.69, 9.17) is 16.3 Å². The third kappa shape index (κ3) is 4.90. The first-order valence-electron chi connectivity index (χ1n) is 9.76. The first-order chi connectivity index (χ1) is 14.2. The molecule has 1 amide bonds. The van der Waals surface area contributed by atoms with Crippen molar-refractivity contribution in [2.24, 2.45) is 0 Å². The van der Waals surface area contributed by atoms with Gasteiger partial charge in [-0.1, -0.05) is 35.9 Å². The van der Waals surface area contributed by atoms with Gasteiger partial charge in [0.15, 0.2) is 0 Å². The molecule has 162 valence electrons. The van der Waals surface area contributed by atoms with Crippen molar-refractivity contribution in [3.05, 3.63) is 64.2 Å². The Labute approximate surface area is 179 Å². The van der Waals surface area contributed by atoms with Crippen molar-refractivity contribution in [1.82, 2.24) is 10.2 Å². The Morgan fingerprint density at radius 2 is 2.00 bits per heavy atom. The molecule has 1 aliphatic rings. The second-order valence-electron chi connectivity index (χ2n) is 7.42. The van der Waals surface area contributed by atoms with Gasteiger partial charge >= 0.3 is 6.18 Å². The molecule has 2 aromatic carbocycles. The Morgan fingerprint density at radius 3 is 2.63 bits per heavy atom. The van der Waals surface area contributed by atoms with E-state index >= 15 is 0 Å². The smallest absolute Gasteiger partial charge is 0.417 e. The van der Waals surface area contributed by atoms with Gasteiger partial charge in [0, 0.05) is 18.2 Å². The van der Waals surface area contributed by atoms with E-state index in [9.17, 15) is 18.0 Å². The highest BCUT2D eigenvalue weighted by Gasteiger charge is 2.35. The summed E-state index contributed by atoms with van der Waals surface area (Å²) < 4.78 is 45.0. The highest BCUT2D eigenvalue weighted by Crippen LogP contribution is 2.36. The standard InChI is InChI=1S/C22H24ClF3N2O2/c1-14-7-6-12-28(14)13-18(15-8-3-4-11-19(15)30-2)27-21(29)16-9-5-10-17(20(16)23)22(24,25)26/h3-5,8-11,14,18H,6-7,12-13H2,1-2H3,(H,27,29)/t14?,18-/m1/s1. The average Bonchev–Trinajstić information content (AvgIpc) is 3.11. The zero-order valence-corrected chi connectivity index (χ0v) is 17.6. The van der Waals surface area contributed by atoms with E-state index in [0.29, 0.717) is 18.3 Å². The number of hydrogen-bond donors (Lipinski definition) is 1. The molecule has 3 rings (SSSR count). The van der Waals surface area contributed by atoms with Crippen molar-refractivity contribution in [3.8, 4) is 5.75 Å². The van der Waals surface area contributed by atoms with Crippen LogP contribution in [0.25, 0.3) is 0 Å². The summed E-state index contributed by atoms with van der Waals surface area (Å²) in [6.07, 6.45) is -2.51. The first kappa shape index (κ1) is 22.4. The second kappa shape index (κ2) is 9.27. The van der Waals surface area contributed by atoms with Crippen molar-refractivity contribution >= 4 is 17.5 Å². The number of likely N-dealkylation sites (tertiary alicyclic amines) is 1. The second-order valence-corrected chi connectivity index (χ2v) is 7.80. The van der Waals surface area contributed by atoms with Crippen LogP contribution in [0.15, 0.2) is 42.5 Å². The zero-order valence-electron chi connectivity index (χ0n) is 16.8. The Morgan fingerprint density at radius 1 is 1.27 bits per heavy atom. The monoisotopic (exact) mass is 440 g/mol. The van der Waals surface area contributed by atoms with Crippen molar-refractivity contribution in [3.63, 3.8) is 0 Å². The van der Waals surface area contributed by atoms with E-state index in [1.165, 1.54) is 12.1 Å². The lowest BCUT2D eigenvalue weighted by molar-refractivity contribution is -0.137. The van der Waals surface area contributed by atoms with Gasteiger partial charge in [0.2, 0.25) is 0 Å². The summed E-state index contributed by atoms with van der Waals surface area (Å²) in [7, 11) is 1.54. The molecule has 1 unspecified atom stereocenters. The number of halogens is 4. The van der Waals surface area contributed by atoms with Crippen LogP contribution in [0.4, 0.5) is 13.2 Å². The van der Waals surface area contributed by atoms with Gasteiger partial charge in [-0.2, -0.15) is 13.2 Å². The number of benzene rings is 2. The number of hydrogen-bond acceptors (Lipinski definition) is 3. The van der Waals surface area contributed by atoms with Crippen LogP contribution >= 0.6 is 11.6 Å². The Kier molecular flexibility index (Phi) is 6.93. The molecule has 1 N–H and O–H groups in total. The van der Waals surface area contributed by atoms with Crippen LogP contribution in [0.5, 0.6) is 5.75 Å². The Bertz CT molecular complexity index is 904. The molecule has 1 fully saturated rings. The summed E-state index contributed by atoms with van der Waals surface area (Å²) in [5.74, 6) is -0.0568. The van der Waals surface area contributed by atoms with Gasteiger partial charge < -0.3 is 10.1 Å². The minimum absolute atomic E-state index is 0.208. The number of alkyl halides is 3. The molecule has 0 bridgehead atoms. The van der Waals surface area contributed by atoms with Gasteiger partial charge in [-0.3, -0.25) is 9.69 Å². The number of rotatable bonds is 6. The van der Waals surface area contributed by atoms with E-state index in [-0.39, 0.29) is 5.56 Å².